The zero-order valence-electron chi connectivity index (χ0n) is 43.0. The predicted molar refractivity (Wildman–Crippen MR) is 276 cm³/mol. The van der Waals surface area contributed by atoms with Gasteiger partial charge < -0.3 is 61.0 Å². The van der Waals surface area contributed by atoms with Gasteiger partial charge in [-0.1, -0.05) is 38.1 Å². The molecular weight excluding hydrogens is 1030 g/mol. The highest BCUT2D eigenvalue weighted by atomic mass is 32.1. The Morgan fingerprint density at radius 1 is 0.909 bits per heavy atom. The smallest absolute Gasteiger partial charge is 0.405 e. The number of likely N-dealkylation sites (tertiary alicyclic amines) is 1. The Morgan fingerprint density at radius 3 is 2.27 bits per heavy atom. The number of aliphatic hydroxyl groups is 1. The molecule has 22 nitrogen and oxygen atoms in total. The van der Waals surface area contributed by atoms with Crippen LogP contribution in [0.3, 0.4) is 0 Å². The second kappa shape index (κ2) is 27.5. The number of primary amides is 1. The Bertz CT molecular complexity index is 2760. The van der Waals surface area contributed by atoms with Crippen LogP contribution in [0.2, 0.25) is 0 Å². The van der Waals surface area contributed by atoms with E-state index >= 15 is 0 Å². The number of alkyl halides is 3. The minimum Gasteiger partial charge on any atom is -0.444 e. The fourth-order valence-electron chi connectivity index (χ4n) is 8.97. The maximum Gasteiger partial charge on any atom is 0.405 e. The molecule has 0 radical (unpaired) electrons. The fraction of sp³-hybridized carbons (Fsp3) is 0.510. The third-order valence-electron chi connectivity index (χ3n) is 13.0. The molecule has 2 fully saturated rings. The van der Waals surface area contributed by atoms with E-state index in [2.05, 4.69) is 46.6 Å². The third kappa shape index (κ3) is 16.6. The van der Waals surface area contributed by atoms with Crippen LogP contribution in [0.15, 0.2) is 65.0 Å². The molecule has 1 aromatic carbocycles. The van der Waals surface area contributed by atoms with Crippen LogP contribution < -0.4 is 32.3 Å². The van der Waals surface area contributed by atoms with Crippen molar-refractivity contribution in [3.8, 4) is 21.9 Å². The van der Waals surface area contributed by atoms with Crippen LogP contribution in [-0.4, -0.2) is 154 Å². The summed E-state index contributed by atoms with van der Waals surface area (Å²) in [5, 5.41) is 28.7. The Morgan fingerprint density at radius 2 is 1.61 bits per heavy atom. The van der Waals surface area contributed by atoms with Crippen molar-refractivity contribution in [2.45, 2.75) is 89.8 Å². The number of nitrogens with one attached hydrogen (secondary N) is 5. The SMILES string of the molecule is Cc1ncsc1-c1ccc(CNC(=O)[C@@H]2C[C@@H](O)CN2C(=O)[C@@H](NCCOCCOCCOCCNC(=O)C2CCC(n3cc(NC(=O)c4coc(-c5ccnc(NCC(F)(F)F)c5)n4)c(C(N)=O)n3)CC2)C(C)C)cc1. The van der Waals surface area contributed by atoms with Gasteiger partial charge in [0, 0.05) is 56.5 Å². The van der Waals surface area contributed by atoms with E-state index in [9.17, 15) is 42.3 Å². The first-order chi connectivity index (χ1) is 36.9. The van der Waals surface area contributed by atoms with Crippen LogP contribution in [0.25, 0.3) is 21.9 Å². The number of carbonyl (C=O) groups is 5. The summed E-state index contributed by atoms with van der Waals surface area (Å²) < 4.78 is 61.9. The molecule has 4 aromatic heterocycles. The van der Waals surface area contributed by atoms with Gasteiger partial charge >= 0.3 is 6.18 Å². The van der Waals surface area contributed by atoms with Gasteiger partial charge in [0.2, 0.25) is 23.6 Å². The largest absolute Gasteiger partial charge is 0.444 e. The second-order valence-corrected chi connectivity index (χ2v) is 19.9. The van der Waals surface area contributed by atoms with Crippen molar-refractivity contribution >= 4 is 52.4 Å². The highest BCUT2D eigenvalue weighted by Gasteiger charge is 2.41. The van der Waals surface area contributed by atoms with Crippen molar-refractivity contribution in [2.75, 3.05) is 76.5 Å². The number of nitrogens with zero attached hydrogens (tertiary/aromatic N) is 6. The molecule has 7 rings (SSSR count). The molecule has 1 aliphatic carbocycles. The number of aryl methyl sites for hydroxylation is 1. The zero-order valence-corrected chi connectivity index (χ0v) is 43.8. The standard InChI is InChI=1S/C51H65F3N12O10S/c1-30(2)42(50(72)65-25-37(67)23-40(65)48(71)59-24-32-4-6-33(7-5-32)44-31(3)61-29-77-44)57-14-16-73-18-20-75-21-19-74-17-15-58-46(69)34-8-10-36(11-9-34)66-26-38(43(64-66)45(55)68)62-47(70)39-27-76-49(63-39)35-12-13-56-41(22-35)60-28-51(52,53)54/h4-7,12-13,22,26-27,29-30,34,36-37,40,42,57,67H,8-11,14-21,23-25,28H2,1-3H3,(H2,55,68)(H,56,60)(H,58,69)(H,59,71)(H,62,70)/t34?,36?,37-,40+,42+/m1/s1. The highest BCUT2D eigenvalue weighted by Crippen LogP contribution is 2.34. The topological polar surface area (TPSA) is 292 Å². The Kier molecular flexibility index (Phi) is 20.6. The summed E-state index contributed by atoms with van der Waals surface area (Å²) in [6, 6.07) is 9.09. The Balaban J connectivity index is 0.727. The molecule has 3 atom stereocenters. The van der Waals surface area contributed by atoms with Crippen LogP contribution in [0, 0.1) is 18.8 Å². The number of pyridine rings is 1. The molecule has 1 aliphatic heterocycles. The molecule has 1 saturated carbocycles. The Labute approximate surface area is 446 Å². The van der Waals surface area contributed by atoms with E-state index in [-0.39, 0.29) is 96.1 Å². The number of β-amino-alcohol motifs (C(OH)–C–C–N with tert-alkyl or cyclic N) is 1. The van der Waals surface area contributed by atoms with E-state index in [1.54, 1.807) is 16.0 Å². The lowest BCUT2D eigenvalue weighted by Crippen LogP contribution is -2.54. The predicted octanol–water partition coefficient (Wildman–Crippen LogP) is 4.48. The summed E-state index contributed by atoms with van der Waals surface area (Å²) in [5.74, 6) is -2.74. The van der Waals surface area contributed by atoms with Crippen LogP contribution in [-0.2, 0) is 35.1 Å². The number of halogens is 3. The first-order valence-corrected chi connectivity index (χ1v) is 26.2. The lowest BCUT2D eigenvalue weighted by molar-refractivity contribution is -0.141. The molecule has 2 aliphatic rings. The van der Waals surface area contributed by atoms with Gasteiger partial charge in [0.1, 0.15) is 24.7 Å². The molecule has 0 spiro atoms. The average molecular weight is 1100 g/mol. The number of aliphatic hydroxyl groups excluding tert-OH is 1. The lowest BCUT2D eigenvalue weighted by Gasteiger charge is -2.30. The summed E-state index contributed by atoms with van der Waals surface area (Å²) >= 11 is 1.57. The van der Waals surface area contributed by atoms with E-state index in [4.69, 9.17) is 24.4 Å². The van der Waals surface area contributed by atoms with Gasteiger partial charge in [-0.25, -0.2) is 15.0 Å². The number of hydrogen-bond donors (Lipinski definition) is 7. The van der Waals surface area contributed by atoms with E-state index < -0.39 is 42.7 Å². The van der Waals surface area contributed by atoms with Crippen molar-refractivity contribution in [1.29, 1.82) is 0 Å². The number of aromatic nitrogens is 5. The number of anilines is 2. The van der Waals surface area contributed by atoms with Gasteiger partial charge in [-0.2, -0.15) is 18.3 Å². The number of ether oxygens (including phenoxy) is 3. The normalized spacial score (nSPS) is 18.1. The van der Waals surface area contributed by atoms with Gasteiger partial charge in [0.05, 0.1) is 79.6 Å². The quantitative estimate of drug-likeness (QED) is 0.0357. The van der Waals surface area contributed by atoms with Crippen LogP contribution in [0.4, 0.5) is 24.7 Å². The summed E-state index contributed by atoms with van der Waals surface area (Å²) in [6.07, 6.45) is 0.943. The average Bonchev–Trinajstić information content (AvgIpc) is 4.26. The molecule has 416 valence electrons. The number of thiazole rings is 1. The maximum atomic E-state index is 13.8. The van der Waals surface area contributed by atoms with Gasteiger partial charge in [-0.15, -0.1) is 11.3 Å². The van der Waals surface area contributed by atoms with Gasteiger partial charge in [-0.3, -0.25) is 28.7 Å². The first-order valence-electron chi connectivity index (χ1n) is 25.4. The minimum absolute atomic E-state index is 0.0425. The van der Waals surface area contributed by atoms with E-state index in [0.29, 0.717) is 71.8 Å². The van der Waals surface area contributed by atoms with Crippen LogP contribution >= 0.6 is 11.3 Å². The van der Waals surface area contributed by atoms with E-state index in [0.717, 1.165) is 28.0 Å². The van der Waals surface area contributed by atoms with Gasteiger partial charge in [0.15, 0.2) is 11.4 Å². The van der Waals surface area contributed by atoms with Crippen molar-refractivity contribution in [1.82, 2.24) is 45.6 Å². The zero-order chi connectivity index (χ0) is 55.1. The minimum atomic E-state index is -4.46. The molecular formula is C51H65F3N12O10S. The van der Waals surface area contributed by atoms with Gasteiger partial charge in [-0.05, 0) is 61.8 Å². The number of rotatable bonds is 27. The summed E-state index contributed by atoms with van der Waals surface area (Å²) in [7, 11) is 0. The van der Waals surface area contributed by atoms with Gasteiger partial charge in [0.25, 0.3) is 11.8 Å². The van der Waals surface area contributed by atoms with E-state index in [1.165, 1.54) is 29.4 Å². The summed E-state index contributed by atoms with van der Waals surface area (Å²) in [5.41, 5.74) is 10.3. The maximum absolute atomic E-state index is 13.8. The number of nitrogens with two attached hydrogens (primary N) is 1. The fourth-order valence-corrected chi connectivity index (χ4v) is 9.79. The molecule has 5 aromatic rings. The summed E-state index contributed by atoms with van der Waals surface area (Å²) in [4.78, 5) is 80.4. The van der Waals surface area contributed by atoms with Crippen molar-refractivity contribution < 1.29 is 60.9 Å². The number of amides is 5. The molecule has 77 heavy (non-hydrogen) atoms. The van der Waals surface area contributed by atoms with Crippen molar-refractivity contribution in [3.63, 3.8) is 0 Å². The number of oxazole rings is 1. The second-order valence-electron chi connectivity index (χ2n) is 19.0. The van der Waals surface area contributed by atoms with E-state index in [1.807, 2.05) is 50.5 Å². The molecule has 26 heteroatoms. The first kappa shape index (κ1) is 57.9. The molecule has 1 saturated heterocycles. The number of benzene rings is 1. The highest BCUT2D eigenvalue weighted by molar-refractivity contribution is 7.13. The molecule has 8 N–H and O–H groups in total. The molecule has 0 unspecified atom stereocenters. The van der Waals surface area contributed by atoms with Crippen molar-refractivity contribution in [2.24, 2.45) is 17.6 Å². The lowest BCUT2D eigenvalue weighted by atomic mass is 9.85. The molecule has 0 bridgehead atoms. The molecule has 5 heterocycles. The Hall–Kier alpha value is -6.84. The number of carbonyl (C=O) groups excluding carboxylic acids is 5. The molecule has 5 amide bonds. The number of hydrogen-bond acceptors (Lipinski definition) is 17. The van der Waals surface area contributed by atoms with Crippen LogP contribution in [0.5, 0.6) is 0 Å². The van der Waals surface area contributed by atoms with Crippen molar-refractivity contribution in [3.05, 3.63) is 83.2 Å². The van der Waals surface area contributed by atoms with Crippen LogP contribution in [0.1, 0.15) is 84.2 Å². The third-order valence-corrected chi connectivity index (χ3v) is 14.0. The summed E-state index contributed by atoms with van der Waals surface area (Å²) in [6.45, 7) is 7.45. The monoisotopic (exact) mass is 1090 g/mol.